The number of halogens is 1. The summed E-state index contributed by atoms with van der Waals surface area (Å²) in [5.41, 5.74) is 1.04. The van der Waals surface area contributed by atoms with E-state index in [0.717, 1.165) is 37.1 Å². The number of aliphatic hydroxyl groups is 1. The second kappa shape index (κ2) is 8.47. The summed E-state index contributed by atoms with van der Waals surface area (Å²) < 4.78 is 11.3. The van der Waals surface area contributed by atoms with E-state index < -0.39 is 0 Å². The third kappa shape index (κ3) is 5.38. The minimum Gasteiger partial charge on any atom is -0.493 e. The van der Waals surface area contributed by atoms with Gasteiger partial charge in [0.05, 0.1) is 13.7 Å². The maximum atomic E-state index is 8.78. The number of rotatable bonds is 10. The molecule has 21 heavy (non-hydrogen) atoms. The second-order valence-corrected chi connectivity index (χ2v) is 5.82. The van der Waals surface area contributed by atoms with Crippen molar-refractivity contribution in [1.82, 2.24) is 5.32 Å². The van der Waals surface area contributed by atoms with E-state index >= 15 is 0 Å². The summed E-state index contributed by atoms with van der Waals surface area (Å²) in [5.74, 6) is 1.45. The normalized spacial score (nSPS) is 14.2. The zero-order valence-electron chi connectivity index (χ0n) is 12.5. The van der Waals surface area contributed by atoms with Gasteiger partial charge in [0, 0.05) is 35.8 Å². The Bertz CT molecular complexity index is 449. The fourth-order valence-electron chi connectivity index (χ4n) is 2.18. The van der Waals surface area contributed by atoms with E-state index in [1.165, 1.54) is 12.8 Å². The average molecular weight is 314 g/mol. The van der Waals surface area contributed by atoms with Gasteiger partial charge in [-0.3, -0.25) is 0 Å². The number of hydrogen-bond donors (Lipinski definition) is 2. The second-order valence-electron chi connectivity index (χ2n) is 5.38. The van der Waals surface area contributed by atoms with E-state index in [2.05, 4.69) is 5.32 Å². The zero-order chi connectivity index (χ0) is 15.1. The summed E-state index contributed by atoms with van der Waals surface area (Å²) in [5, 5.41) is 12.9. The monoisotopic (exact) mass is 313 g/mol. The standard InChI is InChI=1S/C16H24ClNO3/c1-20-15-10-13(17)9-12(11-18-14-5-6-14)16(15)21-8-4-2-3-7-19/h9-10,14,18-19H,2-8,11H2,1H3. The van der Waals surface area contributed by atoms with E-state index in [4.69, 9.17) is 26.2 Å². The molecular weight excluding hydrogens is 290 g/mol. The highest BCUT2D eigenvalue weighted by molar-refractivity contribution is 6.30. The number of aliphatic hydroxyl groups excluding tert-OH is 1. The van der Waals surface area contributed by atoms with Crippen LogP contribution in [0, 0.1) is 0 Å². The molecule has 1 aliphatic carbocycles. The van der Waals surface area contributed by atoms with Gasteiger partial charge in [-0.15, -0.1) is 0 Å². The first-order valence-corrected chi connectivity index (χ1v) is 7.96. The summed E-state index contributed by atoms with van der Waals surface area (Å²) in [6.07, 6.45) is 5.19. The molecule has 0 spiro atoms. The van der Waals surface area contributed by atoms with Crippen LogP contribution in [0.3, 0.4) is 0 Å². The number of benzene rings is 1. The van der Waals surface area contributed by atoms with Crippen molar-refractivity contribution in [3.8, 4) is 11.5 Å². The lowest BCUT2D eigenvalue weighted by molar-refractivity contribution is 0.259. The summed E-state index contributed by atoms with van der Waals surface area (Å²) in [6, 6.07) is 4.35. The molecule has 1 saturated carbocycles. The maximum absolute atomic E-state index is 8.78. The minimum absolute atomic E-state index is 0.237. The van der Waals surface area contributed by atoms with Crippen LogP contribution in [0.1, 0.15) is 37.7 Å². The molecule has 1 fully saturated rings. The van der Waals surface area contributed by atoms with Crippen molar-refractivity contribution in [2.45, 2.75) is 44.7 Å². The van der Waals surface area contributed by atoms with Gasteiger partial charge in [0.1, 0.15) is 0 Å². The van der Waals surface area contributed by atoms with Crippen LogP contribution in [0.4, 0.5) is 0 Å². The Morgan fingerprint density at radius 2 is 2.10 bits per heavy atom. The summed E-state index contributed by atoms with van der Waals surface area (Å²) in [6.45, 7) is 1.60. The Hall–Kier alpha value is -0.970. The lowest BCUT2D eigenvalue weighted by Gasteiger charge is -2.16. The van der Waals surface area contributed by atoms with Crippen molar-refractivity contribution in [2.24, 2.45) is 0 Å². The van der Waals surface area contributed by atoms with Crippen molar-refractivity contribution < 1.29 is 14.6 Å². The molecule has 0 amide bonds. The average Bonchev–Trinajstić information content (AvgIpc) is 3.30. The molecule has 1 aromatic rings. The van der Waals surface area contributed by atoms with Crippen LogP contribution in [-0.4, -0.2) is 31.5 Å². The molecule has 0 aliphatic heterocycles. The van der Waals surface area contributed by atoms with Crippen molar-refractivity contribution in [3.05, 3.63) is 22.7 Å². The quantitative estimate of drug-likeness (QED) is 0.652. The van der Waals surface area contributed by atoms with Gasteiger partial charge in [-0.2, -0.15) is 0 Å². The van der Waals surface area contributed by atoms with Crippen molar-refractivity contribution >= 4 is 11.6 Å². The SMILES string of the molecule is COc1cc(Cl)cc(CNC2CC2)c1OCCCCCO. The third-order valence-electron chi connectivity index (χ3n) is 3.52. The molecule has 0 atom stereocenters. The van der Waals surface area contributed by atoms with Crippen LogP contribution in [0.2, 0.25) is 5.02 Å². The van der Waals surface area contributed by atoms with Gasteiger partial charge in [0.25, 0.3) is 0 Å². The Balaban J connectivity index is 1.99. The summed E-state index contributed by atoms with van der Waals surface area (Å²) in [7, 11) is 1.63. The highest BCUT2D eigenvalue weighted by Crippen LogP contribution is 2.35. The van der Waals surface area contributed by atoms with Crippen LogP contribution < -0.4 is 14.8 Å². The number of ether oxygens (including phenoxy) is 2. The first kappa shape index (κ1) is 16.4. The molecular formula is C16H24ClNO3. The predicted octanol–water partition coefficient (Wildman–Crippen LogP) is 3.14. The molecule has 0 saturated heterocycles. The molecule has 0 radical (unpaired) electrons. The van der Waals surface area contributed by atoms with Crippen molar-refractivity contribution in [2.75, 3.05) is 20.3 Å². The third-order valence-corrected chi connectivity index (χ3v) is 3.74. The lowest BCUT2D eigenvalue weighted by Crippen LogP contribution is -2.16. The lowest BCUT2D eigenvalue weighted by atomic mass is 10.1. The molecule has 1 aliphatic rings. The molecule has 4 nitrogen and oxygen atoms in total. The Morgan fingerprint density at radius 1 is 1.29 bits per heavy atom. The molecule has 118 valence electrons. The summed E-state index contributed by atoms with van der Waals surface area (Å²) >= 11 is 6.14. The van der Waals surface area contributed by atoms with Crippen LogP contribution in [-0.2, 0) is 6.54 Å². The van der Waals surface area contributed by atoms with Crippen LogP contribution in [0.25, 0.3) is 0 Å². The number of nitrogens with one attached hydrogen (secondary N) is 1. The Morgan fingerprint density at radius 3 is 2.76 bits per heavy atom. The summed E-state index contributed by atoms with van der Waals surface area (Å²) in [4.78, 5) is 0. The van der Waals surface area contributed by atoms with Crippen molar-refractivity contribution in [3.63, 3.8) is 0 Å². The smallest absolute Gasteiger partial charge is 0.165 e. The highest BCUT2D eigenvalue weighted by Gasteiger charge is 2.21. The van der Waals surface area contributed by atoms with Gasteiger partial charge in [0.15, 0.2) is 11.5 Å². The maximum Gasteiger partial charge on any atom is 0.165 e. The molecule has 0 unspecified atom stereocenters. The van der Waals surface area contributed by atoms with Gasteiger partial charge < -0.3 is 19.9 Å². The minimum atomic E-state index is 0.237. The van der Waals surface area contributed by atoms with E-state index in [1.807, 2.05) is 6.07 Å². The molecule has 0 bridgehead atoms. The van der Waals surface area contributed by atoms with Gasteiger partial charge in [-0.1, -0.05) is 11.6 Å². The Labute approximate surface area is 131 Å². The number of hydrogen-bond acceptors (Lipinski definition) is 4. The fraction of sp³-hybridized carbons (Fsp3) is 0.625. The largest absolute Gasteiger partial charge is 0.493 e. The van der Waals surface area contributed by atoms with Gasteiger partial charge in [0.2, 0.25) is 0 Å². The molecule has 0 heterocycles. The van der Waals surface area contributed by atoms with Gasteiger partial charge >= 0.3 is 0 Å². The van der Waals surface area contributed by atoms with Crippen molar-refractivity contribution in [1.29, 1.82) is 0 Å². The van der Waals surface area contributed by atoms with E-state index in [0.29, 0.717) is 23.4 Å². The van der Waals surface area contributed by atoms with E-state index in [1.54, 1.807) is 13.2 Å². The first-order chi connectivity index (χ1) is 10.2. The topological polar surface area (TPSA) is 50.7 Å². The molecule has 2 rings (SSSR count). The van der Waals surface area contributed by atoms with E-state index in [-0.39, 0.29) is 6.61 Å². The molecule has 2 N–H and O–H groups in total. The number of methoxy groups -OCH3 is 1. The van der Waals surface area contributed by atoms with Gasteiger partial charge in [-0.05, 0) is 38.2 Å². The molecule has 1 aromatic carbocycles. The highest BCUT2D eigenvalue weighted by atomic mass is 35.5. The fourth-order valence-corrected chi connectivity index (χ4v) is 2.41. The number of unbranched alkanes of at least 4 members (excludes halogenated alkanes) is 2. The Kier molecular flexibility index (Phi) is 6.61. The zero-order valence-corrected chi connectivity index (χ0v) is 13.3. The van der Waals surface area contributed by atoms with E-state index in [9.17, 15) is 0 Å². The van der Waals surface area contributed by atoms with Crippen LogP contribution in [0.15, 0.2) is 12.1 Å². The first-order valence-electron chi connectivity index (χ1n) is 7.58. The molecule has 0 aromatic heterocycles. The van der Waals surface area contributed by atoms with Gasteiger partial charge in [-0.25, -0.2) is 0 Å². The molecule has 5 heteroatoms. The predicted molar refractivity (Wildman–Crippen MR) is 84.3 cm³/mol. The van der Waals surface area contributed by atoms with Crippen LogP contribution >= 0.6 is 11.6 Å². The van der Waals surface area contributed by atoms with Crippen LogP contribution in [0.5, 0.6) is 11.5 Å².